The Hall–Kier alpha value is -2.43. The van der Waals surface area contributed by atoms with Gasteiger partial charge in [0.2, 0.25) is 5.78 Å². The molecule has 0 amide bonds. The Labute approximate surface area is 112 Å². The van der Waals surface area contributed by atoms with Crippen LogP contribution in [0.2, 0.25) is 0 Å². The van der Waals surface area contributed by atoms with E-state index in [4.69, 9.17) is 0 Å². The minimum absolute atomic E-state index is 0.0705. The Bertz CT molecular complexity index is 599. The Morgan fingerprint density at radius 3 is 2.84 bits per heavy atom. The van der Waals surface area contributed by atoms with Gasteiger partial charge in [0.05, 0.1) is 5.69 Å². The summed E-state index contributed by atoms with van der Waals surface area (Å²) in [5, 5.41) is 4.34. The number of rotatable bonds is 4. The molecule has 0 spiro atoms. The van der Waals surface area contributed by atoms with Crippen LogP contribution in [0.5, 0.6) is 0 Å². The topological polar surface area (TPSA) is 51.0 Å². The van der Waals surface area contributed by atoms with Gasteiger partial charge in [-0.15, -0.1) is 0 Å². The zero-order valence-corrected chi connectivity index (χ0v) is 11.2. The van der Waals surface area contributed by atoms with Gasteiger partial charge in [-0.25, -0.2) is 0 Å². The van der Waals surface area contributed by atoms with Crippen molar-refractivity contribution in [3.63, 3.8) is 0 Å². The van der Waals surface area contributed by atoms with Gasteiger partial charge >= 0.3 is 0 Å². The minimum Gasteiger partial charge on any atom is -0.383 e. The summed E-state index contributed by atoms with van der Waals surface area (Å²) in [7, 11) is 5.50. The molecule has 0 fully saturated rings. The molecular weight excluding hydrogens is 240 g/mol. The summed E-state index contributed by atoms with van der Waals surface area (Å²) in [4.78, 5) is 17.9. The Morgan fingerprint density at radius 2 is 2.21 bits per heavy atom. The summed E-state index contributed by atoms with van der Waals surface area (Å²) in [6, 6.07) is 5.54. The van der Waals surface area contributed by atoms with Gasteiger partial charge in [0, 0.05) is 51.4 Å². The molecule has 0 aliphatic carbocycles. The Kier molecular flexibility index (Phi) is 3.75. The van der Waals surface area contributed by atoms with Crippen LogP contribution in [0.25, 0.3) is 11.3 Å². The van der Waals surface area contributed by atoms with E-state index in [0.717, 1.165) is 11.3 Å². The maximum absolute atomic E-state index is 12.0. The maximum Gasteiger partial charge on any atom is 0.205 e. The zero-order valence-electron chi connectivity index (χ0n) is 11.2. The van der Waals surface area contributed by atoms with Crippen LogP contribution in [0.4, 0.5) is 0 Å². The van der Waals surface area contributed by atoms with Crippen LogP contribution in [0.15, 0.2) is 42.9 Å². The molecule has 0 aliphatic heterocycles. The fourth-order valence-electron chi connectivity index (χ4n) is 1.66. The van der Waals surface area contributed by atoms with E-state index in [-0.39, 0.29) is 5.78 Å². The number of allylic oxidation sites excluding steroid dienone is 1. The molecule has 19 heavy (non-hydrogen) atoms. The van der Waals surface area contributed by atoms with Crippen LogP contribution in [0.1, 0.15) is 10.5 Å². The van der Waals surface area contributed by atoms with Crippen molar-refractivity contribution in [2.24, 2.45) is 7.05 Å². The first-order chi connectivity index (χ1) is 9.08. The van der Waals surface area contributed by atoms with Gasteiger partial charge in [-0.1, -0.05) is 0 Å². The third-order valence-corrected chi connectivity index (χ3v) is 2.61. The van der Waals surface area contributed by atoms with Crippen LogP contribution in [-0.4, -0.2) is 39.5 Å². The first-order valence-electron chi connectivity index (χ1n) is 5.91. The molecule has 98 valence electrons. The molecule has 0 aromatic carbocycles. The van der Waals surface area contributed by atoms with Crippen LogP contribution < -0.4 is 0 Å². The number of hydrogen-bond acceptors (Lipinski definition) is 4. The van der Waals surface area contributed by atoms with Crippen LogP contribution >= 0.6 is 0 Å². The third kappa shape index (κ3) is 3.07. The van der Waals surface area contributed by atoms with Crippen molar-refractivity contribution in [2.45, 2.75) is 0 Å². The lowest BCUT2D eigenvalue weighted by Gasteiger charge is -2.02. The average molecular weight is 256 g/mol. The highest BCUT2D eigenvalue weighted by Gasteiger charge is 2.12. The lowest BCUT2D eigenvalue weighted by molar-refractivity contribution is 0.103. The summed E-state index contributed by atoms with van der Waals surface area (Å²) in [6.07, 6.45) is 6.69. The molecule has 2 aromatic heterocycles. The molecule has 5 nitrogen and oxygen atoms in total. The van der Waals surface area contributed by atoms with E-state index in [0.29, 0.717) is 5.69 Å². The molecule has 2 rings (SSSR count). The monoisotopic (exact) mass is 256 g/mol. The molecule has 0 atom stereocenters. The van der Waals surface area contributed by atoms with Crippen molar-refractivity contribution in [2.75, 3.05) is 14.1 Å². The van der Waals surface area contributed by atoms with Crippen LogP contribution in [0, 0.1) is 0 Å². The van der Waals surface area contributed by atoms with Gasteiger partial charge in [0.1, 0.15) is 5.69 Å². The van der Waals surface area contributed by atoms with E-state index >= 15 is 0 Å². The van der Waals surface area contributed by atoms with Gasteiger partial charge in [-0.3, -0.25) is 14.5 Å². The lowest BCUT2D eigenvalue weighted by Crippen LogP contribution is -2.06. The molecule has 0 radical (unpaired) electrons. The van der Waals surface area contributed by atoms with Gasteiger partial charge in [-0.2, -0.15) is 5.10 Å². The number of hydrogen-bond donors (Lipinski definition) is 0. The van der Waals surface area contributed by atoms with Crippen molar-refractivity contribution < 1.29 is 4.79 Å². The highest BCUT2D eigenvalue weighted by atomic mass is 16.1. The molecule has 0 N–H and O–H groups in total. The van der Waals surface area contributed by atoms with Crippen molar-refractivity contribution in [3.05, 3.63) is 48.6 Å². The molecule has 0 saturated carbocycles. The van der Waals surface area contributed by atoms with E-state index < -0.39 is 0 Å². The Balaban J connectivity index is 2.29. The molecule has 5 heteroatoms. The first kappa shape index (κ1) is 13.0. The van der Waals surface area contributed by atoms with E-state index in [1.54, 1.807) is 36.4 Å². The number of ketones is 1. The van der Waals surface area contributed by atoms with E-state index in [1.807, 2.05) is 31.1 Å². The highest BCUT2D eigenvalue weighted by Crippen LogP contribution is 2.17. The third-order valence-electron chi connectivity index (χ3n) is 2.61. The smallest absolute Gasteiger partial charge is 0.205 e. The normalized spacial score (nSPS) is 10.9. The molecule has 0 aliphatic rings. The molecule has 0 bridgehead atoms. The number of carbonyl (C=O) groups is 1. The second kappa shape index (κ2) is 5.48. The van der Waals surface area contributed by atoms with Crippen LogP contribution in [0.3, 0.4) is 0 Å². The van der Waals surface area contributed by atoms with Crippen molar-refractivity contribution in [1.82, 2.24) is 19.7 Å². The van der Waals surface area contributed by atoms with E-state index in [1.165, 1.54) is 6.08 Å². The average Bonchev–Trinajstić information content (AvgIpc) is 2.79. The van der Waals surface area contributed by atoms with Gasteiger partial charge in [0.15, 0.2) is 0 Å². The highest BCUT2D eigenvalue weighted by molar-refractivity contribution is 6.03. The number of aryl methyl sites for hydroxylation is 1. The molecule has 2 heterocycles. The largest absolute Gasteiger partial charge is 0.383 e. The number of aromatic nitrogens is 3. The predicted octanol–water partition coefficient (Wildman–Crippen LogP) is 1.74. The first-order valence-corrected chi connectivity index (χ1v) is 5.91. The van der Waals surface area contributed by atoms with Crippen molar-refractivity contribution in [1.29, 1.82) is 0 Å². The summed E-state index contributed by atoms with van der Waals surface area (Å²) >= 11 is 0. The van der Waals surface area contributed by atoms with E-state index in [9.17, 15) is 4.79 Å². The fraction of sp³-hybridized carbons (Fsp3) is 0.214. The zero-order chi connectivity index (χ0) is 13.8. The fourth-order valence-corrected chi connectivity index (χ4v) is 1.66. The van der Waals surface area contributed by atoms with Crippen molar-refractivity contribution >= 4 is 5.78 Å². The van der Waals surface area contributed by atoms with E-state index in [2.05, 4.69) is 10.1 Å². The summed E-state index contributed by atoms with van der Waals surface area (Å²) in [6.45, 7) is 0. The number of pyridine rings is 1. The molecular formula is C14H16N4O. The standard InChI is InChI=1S/C14H16N4O/c1-17(2)8-6-14(19)13-9-12(16-18(13)3)11-5-4-7-15-10-11/h4-10H,1-3H3. The molecule has 0 saturated heterocycles. The Morgan fingerprint density at radius 1 is 1.42 bits per heavy atom. The predicted molar refractivity (Wildman–Crippen MR) is 73.6 cm³/mol. The number of nitrogens with zero attached hydrogens (tertiary/aromatic N) is 4. The lowest BCUT2D eigenvalue weighted by atomic mass is 10.2. The second-order valence-corrected chi connectivity index (χ2v) is 4.42. The summed E-state index contributed by atoms with van der Waals surface area (Å²) < 4.78 is 1.59. The maximum atomic E-state index is 12.0. The van der Waals surface area contributed by atoms with Gasteiger partial charge in [-0.05, 0) is 18.2 Å². The van der Waals surface area contributed by atoms with Gasteiger partial charge < -0.3 is 4.90 Å². The van der Waals surface area contributed by atoms with Gasteiger partial charge in [0.25, 0.3) is 0 Å². The summed E-state index contributed by atoms with van der Waals surface area (Å²) in [5.41, 5.74) is 2.20. The molecule has 0 unspecified atom stereocenters. The molecule has 2 aromatic rings. The van der Waals surface area contributed by atoms with Crippen LogP contribution in [-0.2, 0) is 7.05 Å². The quantitative estimate of drug-likeness (QED) is 0.617. The summed E-state index contributed by atoms with van der Waals surface area (Å²) in [5.74, 6) is -0.0705. The minimum atomic E-state index is -0.0705. The van der Waals surface area contributed by atoms with Crippen molar-refractivity contribution in [3.8, 4) is 11.3 Å². The second-order valence-electron chi connectivity index (χ2n) is 4.42. The number of carbonyl (C=O) groups excluding carboxylic acids is 1. The SMILES string of the molecule is CN(C)C=CC(=O)c1cc(-c2cccnc2)nn1C.